The first kappa shape index (κ1) is 22.3. The van der Waals surface area contributed by atoms with E-state index in [4.69, 9.17) is 9.84 Å². The third-order valence-corrected chi connectivity index (χ3v) is 5.92. The molecule has 2 aromatic carbocycles. The Morgan fingerprint density at radius 3 is 2.54 bits per heavy atom. The standard InChI is InChI=1S/C21H26FO5P/c1-13-6-14(2)19(10-27-12-28(26)11-17(23)9-21(24)25)18(7-13)16-4-5-20(22)15(3)8-16/h4-8,17,23,28H,9-12H2,1-3H3,(H,24,25)/t17-/m0/s1. The molecular weight excluding hydrogens is 382 g/mol. The molecule has 0 aromatic heterocycles. The maximum Gasteiger partial charge on any atom is 0.305 e. The zero-order valence-corrected chi connectivity index (χ0v) is 17.3. The molecule has 0 aliphatic carbocycles. The molecule has 0 aliphatic heterocycles. The summed E-state index contributed by atoms with van der Waals surface area (Å²) in [4.78, 5) is 10.6. The first-order valence-corrected chi connectivity index (χ1v) is 10.9. The van der Waals surface area contributed by atoms with Crippen LogP contribution in [0, 0.1) is 26.6 Å². The Balaban J connectivity index is 2.12. The molecule has 1 unspecified atom stereocenters. The van der Waals surface area contributed by atoms with Crippen molar-refractivity contribution in [3.05, 3.63) is 58.4 Å². The van der Waals surface area contributed by atoms with Gasteiger partial charge < -0.3 is 19.5 Å². The molecule has 0 saturated heterocycles. The molecule has 2 N–H and O–H groups in total. The molecule has 2 aromatic rings. The van der Waals surface area contributed by atoms with Gasteiger partial charge in [-0.15, -0.1) is 0 Å². The molecule has 28 heavy (non-hydrogen) atoms. The van der Waals surface area contributed by atoms with Gasteiger partial charge in [-0.05, 0) is 60.7 Å². The highest BCUT2D eigenvalue weighted by atomic mass is 31.1. The van der Waals surface area contributed by atoms with E-state index in [1.54, 1.807) is 19.1 Å². The van der Waals surface area contributed by atoms with E-state index >= 15 is 0 Å². The van der Waals surface area contributed by atoms with Gasteiger partial charge in [-0.3, -0.25) is 4.79 Å². The zero-order valence-electron chi connectivity index (χ0n) is 16.3. The summed E-state index contributed by atoms with van der Waals surface area (Å²) in [5.41, 5.74) is 5.39. The molecule has 0 heterocycles. The van der Waals surface area contributed by atoms with Gasteiger partial charge in [0.05, 0.1) is 25.5 Å². The minimum atomic E-state index is -2.25. The lowest BCUT2D eigenvalue weighted by atomic mass is 9.93. The van der Waals surface area contributed by atoms with Gasteiger partial charge in [-0.1, -0.05) is 23.8 Å². The zero-order chi connectivity index (χ0) is 20.8. The Morgan fingerprint density at radius 1 is 1.18 bits per heavy atom. The van der Waals surface area contributed by atoms with Crippen LogP contribution in [-0.2, 0) is 20.7 Å². The number of ether oxygens (including phenoxy) is 1. The normalized spacial score (nSPS) is 13.3. The van der Waals surface area contributed by atoms with E-state index in [1.807, 2.05) is 26.0 Å². The average Bonchev–Trinajstić information content (AvgIpc) is 2.58. The van der Waals surface area contributed by atoms with Crippen LogP contribution >= 0.6 is 7.80 Å². The van der Waals surface area contributed by atoms with E-state index in [2.05, 4.69) is 0 Å². The van der Waals surface area contributed by atoms with Gasteiger partial charge in [0.2, 0.25) is 0 Å². The van der Waals surface area contributed by atoms with Crippen molar-refractivity contribution >= 4 is 13.8 Å². The second kappa shape index (κ2) is 9.97. The third-order valence-electron chi connectivity index (χ3n) is 4.47. The van der Waals surface area contributed by atoms with Crippen molar-refractivity contribution in [3.8, 4) is 11.1 Å². The minimum Gasteiger partial charge on any atom is -0.481 e. The lowest BCUT2D eigenvalue weighted by Crippen LogP contribution is -2.16. The predicted octanol–water partition coefficient (Wildman–Crippen LogP) is 4.29. The summed E-state index contributed by atoms with van der Waals surface area (Å²) in [5, 5.41) is 18.2. The summed E-state index contributed by atoms with van der Waals surface area (Å²) in [6.45, 7) is 5.89. The quantitative estimate of drug-likeness (QED) is 0.605. The maximum absolute atomic E-state index is 13.6. The highest BCUT2D eigenvalue weighted by Gasteiger charge is 2.15. The monoisotopic (exact) mass is 408 g/mol. The fourth-order valence-corrected chi connectivity index (χ4v) is 4.24. The van der Waals surface area contributed by atoms with Crippen LogP contribution in [0.3, 0.4) is 0 Å². The number of aliphatic hydroxyl groups is 1. The number of aliphatic hydroxyl groups excluding tert-OH is 1. The van der Waals surface area contributed by atoms with Crippen LogP contribution in [0.1, 0.15) is 28.7 Å². The topological polar surface area (TPSA) is 83.8 Å². The Bertz CT molecular complexity index is 881. The maximum atomic E-state index is 13.6. The SMILES string of the molecule is Cc1cc(C)c(COC[PH](=O)C[C@@H](O)CC(=O)O)c(-c2ccc(F)c(C)c2)c1. The molecule has 0 spiro atoms. The number of carbonyl (C=O) groups is 1. The van der Waals surface area contributed by atoms with Gasteiger partial charge in [0.15, 0.2) is 0 Å². The summed E-state index contributed by atoms with van der Waals surface area (Å²) in [7, 11) is -2.25. The molecule has 0 saturated carbocycles. The van der Waals surface area contributed by atoms with Gasteiger partial charge in [0, 0.05) is 6.16 Å². The highest BCUT2D eigenvalue weighted by Crippen LogP contribution is 2.31. The van der Waals surface area contributed by atoms with E-state index in [0.717, 1.165) is 27.8 Å². The molecule has 2 atom stereocenters. The van der Waals surface area contributed by atoms with Crippen LogP contribution in [0.5, 0.6) is 0 Å². The lowest BCUT2D eigenvalue weighted by Gasteiger charge is -2.16. The summed E-state index contributed by atoms with van der Waals surface area (Å²) >= 11 is 0. The molecular formula is C21H26FO5P. The molecule has 0 aliphatic rings. The Hall–Kier alpha value is -2.01. The highest BCUT2D eigenvalue weighted by molar-refractivity contribution is 7.44. The van der Waals surface area contributed by atoms with Crippen LogP contribution in [-0.4, -0.2) is 34.8 Å². The van der Waals surface area contributed by atoms with Crippen molar-refractivity contribution in [2.75, 3.05) is 12.5 Å². The predicted molar refractivity (Wildman–Crippen MR) is 108 cm³/mol. The second-order valence-electron chi connectivity index (χ2n) is 7.06. The molecule has 0 fully saturated rings. The van der Waals surface area contributed by atoms with E-state index in [9.17, 15) is 18.9 Å². The Morgan fingerprint density at radius 2 is 1.89 bits per heavy atom. The summed E-state index contributed by atoms with van der Waals surface area (Å²) in [5.74, 6) is -1.39. The van der Waals surface area contributed by atoms with Crippen molar-refractivity contribution in [1.29, 1.82) is 0 Å². The number of halogens is 1. The Kier molecular flexibility index (Phi) is 7.93. The fourth-order valence-electron chi connectivity index (χ4n) is 3.12. The number of aliphatic carboxylic acids is 1. The van der Waals surface area contributed by atoms with E-state index in [-0.39, 0.29) is 24.9 Å². The van der Waals surface area contributed by atoms with E-state index in [1.165, 1.54) is 6.07 Å². The fraction of sp³-hybridized carbons (Fsp3) is 0.381. The van der Waals surface area contributed by atoms with E-state index in [0.29, 0.717) is 5.56 Å². The smallest absolute Gasteiger partial charge is 0.305 e. The Labute approximate surface area is 165 Å². The van der Waals surface area contributed by atoms with Gasteiger partial charge in [-0.25, -0.2) is 4.39 Å². The average molecular weight is 408 g/mol. The van der Waals surface area contributed by atoms with Crippen LogP contribution in [0.4, 0.5) is 4.39 Å². The summed E-state index contributed by atoms with van der Waals surface area (Å²) in [6.07, 6.45) is -1.67. The molecule has 2 rings (SSSR count). The van der Waals surface area contributed by atoms with Crippen molar-refractivity contribution in [2.24, 2.45) is 0 Å². The van der Waals surface area contributed by atoms with Gasteiger partial charge >= 0.3 is 5.97 Å². The van der Waals surface area contributed by atoms with Crippen molar-refractivity contribution < 1.29 is 28.7 Å². The van der Waals surface area contributed by atoms with Crippen molar-refractivity contribution in [1.82, 2.24) is 0 Å². The number of rotatable bonds is 9. The van der Waals surface area contributed by atoms with Crippen molar-refractivity contribution in [3.63, 3.8) is 0 Å². The minimum absolute atomic E-state index is 0.0312. The second-order valence-corrected chi connectivity index (χ2v) is 8.83. The number of aryl methyl sites for hydroxylation is 3. The largest absolute Gasteiger partial charge is 0.481 e. The van der Waals surface area contributed by atoms with Gasteiger partial charge in [-0.2, -0.15) is 0 Å². The number of hydrogen-bond acceptors (Lipinski definition) is 4. The number of carboxylic acids is 1. The van der Waals surface area contributed by atoms with Gasteiger partial charge in [0.1, 0.15) is 13.6 Å². The number of benzene rings is 2. The first-order chi connectivity index (χ1) is 13.2. The first-order valence-electron chi connectivity index (χ1n) is 9.03. The van der Waals surface area contributed by atoms with E-state index < -0.39 is 26.3 Å². The van der Waals surface area contributed by atoms with Gasteiger partial charge in [0.25, 0.3) is 0 Å². The van der Waals surface area contributed by atoms with Crippen LogP contribution < -0.4 is 0 Å². The van der Waals surface area contributed by atoms with Crippen LogP contribution in [0.2, 0.25) is 0 Å². The summed E-state index contributed by atoms with van der Waals surface area (Å²) < 4.78 is 31.3. The van der Waals surface area contributed by atoms with Crippen molar-refractivity contribution in [2.45, 2.75) is 39.9 Å². The number of carboxylic acid groups (broad SMARTS) is 1. The third kappa shape index (κ3) is 6.26. The molecule has 0 radical (unpaired) electrons. The summed E-state index contributed by atoms with van der Waals surface area (Å²) in [6, 6.07) is 9.00. The molecule has 152 valence electrons. The van der Waals surface area contributed by atoms with Crippen LogP contribution in [0.15, 0.2) is 30.3 Å². The molecule has 7 heteroatoms. The molecule has 0 amide bonds. The number of hydrogen-bond donors (Lipinski definition) is 2. The molecule has 0 bridgehead atoms. The molecule has 5 nitrogen and oxygen atoms in total. The van der Waals surface area contributed by atoms with Crippen LogP contribution in [0.25, 0.3) is 11.1 Å². The lowest BCUT2D eigenvalue weighted by molar-refractivity contribution is -0.138.